The summed E-state index contributed by atoms with van der Waals surface area (Å²) in [6, 6.07) is 1.31. The van der Waals surface area contributed by atoms with E-state index in [1.807, 2.05) is 0 Å². The molecule has 1 fully saturated rings. The van der Waals surface area contributed by atoms with Crippen LogP contribution in [0, 0.1) is 5.92 Å². The van der Waals surface area contributed by atoms with Crippen molar-refractivity contribution in [2.24, 2.45) is 11.7 Å². The molecule has 4 N–H and O–H groups in total. The van der Waals surface area contributed by atoms with Gasteiger partial charge in [-0.3, -0.25) is 4.79 Å². The molecule has 1 atom stereocenters. The van der Waals surface area contributed by atoms with E-state index in [0.29, 0.717) is 12.5 Å². The van der Waals surface area contributed by atoms with Crippen LogP contribution in [-0.4, -0.2) is 34.0 Å². The molecule has 1 amide bonds. The molecule has 8 heteroatoms. The Balaban J connectivity index is 1.98. The Morgan fingerprint density at radius 2 is 2.37 bits per heavy atom. The Kier molecular flexibility index (Phi) is 4.56. The lowest BCUT2D eigenvalue weighted by atomic mass is 10.0. The van der Waals surface area contributed by atoms with E-state index in [2.05, 4.69) is 10.0 Å². The quantitative estimate of drug-likeness (QED) is 0.719. The number of thiophene rings is 1. The molecule has 0 aromatic carbocycles. The van der Waals surface area contributed by atoms with Crippen LogP contribution < -0.4 is 15.8 Å². The van der Waals surface area contributed by atoms with Crippen molar-refractivity contribution in [3.05, 3.63) is 17.0 Å². The van der Waals surface area contributed by atoms with E-state index in [9.17, 15) is 13.2 Å². The maximum absolute atomic E-state index is 12.0. The number of piperidine rings is 1. The topological polar surface area (TPSA) is 101 Å². The van der Waals surface area contributed by atoms with Gasteiger partial charge in [0.25, 0.3) is 0 Å². The lowest BCUT2D eigenvalue weighted by Gasteiger charge is -2.22. The fraction of sp³-hybridized carbons (Fsp3) is 0.545. The second-order valence-corrected chi connectivity index (χ2v) is 7.49. The summed E-state index contributed by atoms with van der Waals surface area (Å²) in [5, 5.41) is 4.69. The van der Waals surface area contributed by atoms with Gasteiger partial charge < -0.3 is 11.1 Å². The highest BCUT2D eigenvalue weighted by Gasteiger charge is 2.20. The first kappa shape index (κ1) is 14.4. The molecule has 2 heterocycles. The maximum atomic E-state index is 12.0. The van der Waals surface area contributed by atoms with Crippen LogP contribution in [0.3, 0.4) is 0 Å². The van der Waals surface area contributed by atoms with Crippen molar-refractivity contribution >= 4 is 27.3 Å². The normalized spacial score (nSPS) is 20.3. The van der Waals surface area contributed by atoms with Gasteiger partial charge in [-0.1, -0.05) is 0 Å². The van der Waals surface area contributed by atoms with Crippen LogP contribution >= 0.6 is 11.3 Å². The van der Waals surface area contributed by atoms with Crippen LogP contribution in [-0.2, 0) is 10.0 Å². The van der Waals surface area contributed by atoms with Crippen molar-refractivity contribution in [1.82, 2.24) is 10.0 Å². The van der Waals surface area contributed by atoms with Crippen LogP contribution in [0.25, 0.3) is 0 Å². The zero-order valence-corrected chi connectivity index (χ0v) is 12.0. The van der Waals surface area contributed by atoms with Gasteiger partial charge in [0.2, 0.25) is 15.9 Å². The third-order valence-corrected chi connectivity index (χ3v) is 5.95. The number of hydrogen-bond acceptors (Lipinski definition) is 5. The number of rotatable bonds is 5. The van der Waals surface area contributed by atoms with Crippen molar-refractivity contribution in [3.8, 4) is 0 Å². The Morgan fingerprint density at radius 1 is 1.58 bits per heavy atom. The number of primary amides is 1. The molecule has 1 aliphatic heterocycles. The number of carbonyl (C=O) groups is 1. The van der Waals surface area contributed by atoms with Crippen molar-refractivity contribution < 1.29 is 13.2 Å². The Bertz CT molecular complexity index is 547. The number of hydrogen-bond donors (Lipinski definition) is 3. The summed E-state index contributed by atoms with van der Waals surface area (Å²) in [4.78, 5) is 11.0. The average molecular weight is 303 g/mol. The van der Waals surface area contributed by atoms with E-state index in [1.165, 1.54) is 11.4 Å². The molecule has 2 rings (SSSR count). The summed E-state index contributed by atoms with van der Waals surface area (Å²) in [6.07, 6.45) is 2.09. The summed E-state index contributed by atoms with van der Waals surface area (Å²) >= 11 is 1.00. The van der Waals surface area contributed by atoms with Gasteiger partial charge in [0.1, 0.15) is 4.21 Å². The second-order valence-electron chi connectivity index (χ2n) is 4.58. The minimum absolute atomic E-state index is 0.130. The third kappa shape index (κ3) is 3.75. The third-order valence-electron chi connectivity index (χ3n) is 3.09. The predicted molar refractivity (Wildman–Crippen MR) is 73.6 cm³/mol. The molecule has 106 valence electrons. The number of amides is 1. The number of carbonyl (C=O) groups excluding carboxylic acids is 1. The number of nitrogens with one attached hydrogen (secondary N) is 2. The minimum atomic E-state index is -3.54. The van der Waals surface area contributed by atoms with E-state index in [-0.39, 0.29) is 9.77 Å². The van der Waals surface area contributed by atoms with Crippen molar-refractivity contribution in [3.63, 3.8) is 0 Å². The molecule has 1 aromatic rings. The van der Waals surface area contributed by atoms with Crippen LogP contribution in [0.1, 0.15) is 23.2 Å². The molecule has 0 aliphatic carbocycles. The Labute approximate surface area is 116 Å². The number of nitrogens with two attached hydrogens (primary N) is 1. The molecule has 1 aliphatic rings. The smallest absolute Gasteiger partial charge is 0.250 e. The van der Waals surface area contributed by atoms with Crippen LogP contribution in [0.5, 0.6) is 0 Å². The van der Waals surface area contributed by atoms with Crippen LogP contribution in [0.4, 0.5) is 0 Å². The first-order chi connectivity index (χ1) is 8.99. The fourth-order valence-electron chi connectivity index (χ4n) is 1.98. The molecule has 0 bridgehead atoms. The molecular weight excluding hydrogens is 286 g/mol. The summed E-state index contributed by atoms with van der Waals surface area (Å²) in [6.45, 7) is 2.24. The molecular formula is C11H17N3O3S2. The van der Waals surface area contributed by atoms with Gasteiger partial charge in [0, 0.05) is 11.9 Å². The van der Waals surface area contributed by atoms with Crippen LogP contribution in [0.15, 0.2) is 15.7 Å². The van der Waals surface area contributed by atoms with E-state index in [4.69, 9.17) is 5.73 Å². The van der Waals surface area contributed by atoms with Gasteiger partial charge >= 0.3 is 0 Å². The zero-order chi connectivity index (χ0) is 13.9. The van der Waals surface area contributed by atoms with Gasteiger partial charge in [-0.15, -0.1) is 11.3 Å². The van der Waals surface area contributed by atoms with E-state index < -0.39 is 15.9 Å². The fourth-order valence-corrected chi connectivity index (χ4v) is 4.31. The van der Waals surface area contributed by atoms with Crippen molar-refractivity contribution in [2.45, 2.75) is 17.1 Å². The van der Waals surface area contributed by atoms with Crippen LogP contribution in [0.2, 0.25) is 0 Å². The average Bonchev–Trinajstić information content (AvgIpc) is 2.88. The molecule has 1 unspecified atom stereocenters. The minimum Gasteiger partial charge on any atom is -0.366 e. The molecule has 6 nitrogen and oxygen atoms in total. The molecule has 1 saturated heterocycles. The SMILES string of the molecule is NC(=O)c1csc(S(=O)(=O)NCC2CCCNC2)c1. The predicted octanol–water partition coefficient (Wildman–Crippen LogP) is 0.125. The van der Waals surface area contributed by atoms with E-state index in [1.54, 1.807) is 0 Å². The second kappa shape index (κ2) is 6.00. The highest BCUT2D eigenvalue weighted by Crippen LogP contribution is 2.20. The molecule has 0 spiro atoms. The highest BCUT2D eigenvalue weighted by atomic mass is 32.2. The lowest BCUT2D eigenvalue weighted by Crippen LogP contribution is -2.37. The summed E-state index contributed by atoms with van der Waals surface area (Å²) < 4.78 is 26.8. The largest absolute Gasteiger partial charge is 0.366 e. The summed E-state index contributed by atoms with van der Waals surface area (Å²) in [7, 11) is -3.54. The summed E-state index contributed by atoms with van der Waals surface area (Å²) in [5.74, 6) is -0.298. The van der Waals surface area contributed by atoms with Gasteiger partial charge in [0.05, 0.1) is 5.56 Å². The first-order valence-corrected chi connectivity index (χ1v) is 8.44. The first-order valence-electron chi connectivity index (χ1n) is 6.08. The lowest BCUT2D eigenvalue weighted by molar-refractivity contribution is 0.100. The Morgan fingerprint density at radius 3 is 2.95 bits per heavy atom. The monoisotopic (exact) mass is 303 g/mol. The van der Waals surface area contributed by atoms with Gasteiger partial charge in [0.15, 0.2) is 0 Å². The van der Waals surface area contributed by atoms with Gasteiger partial charge in [-0.25, -0.2) is 13.1 Å². The molecule has 1 aromatic heterocycles. The molecule has 0 radical (unpaired) electrons. The van der Waals surface area contributed by atoms with Gasteiger partial charge in [-0.05, 0) is 37.9 Å². The standard InChI is InChI=1S/C11H17N3O3S2/c12-11(15)9-4-10(18-7-9)19(16,17)14-6-8-2-1-3-13-5-8/h4,7-8,13-14H,1-3,5-6H2,(H2,12,15). The van der Waals surface area contributed by atoms with Gasteiger partial charge in [-0.2, -0.15) is 0 Å². The molecule has 0 saturated carbocycles. The Hall–Kier alpha value is -0.960. The highest BCUT2D eigenvalue weighted by molar-refractivity contribution is 7.91. The van der Waals surface area contributed by atoms with Crippen molar-refractivity contribution in [1.29, 1.82) is 0 Å². The molecule has 19 heavy (non-hydrogen) atoms. The van der Waals surface area contributed by atoms with E-state index in [0.717, 1.165) is 37.3 Å². The maximum Gasteiger partial charge on any atom is 0.250 e. The van der Waals surface area contributed by atoms with E-state index >= 15 is 0 Å². The summed E-state index contributed by atoms with van der Waals surface area (Å²) in [5.41, 5.74) is 5.33. The zero-order valence-electron chi connectivity index (χ0n) is 10.4. The van der Waals surface area contributed by atoms with Crippen molar-refractivity contribution in [2.75, 3.05) is 19.6 Å². The number of sulfonamides is 1.